The number of anilines is 1. The summed E-state index contributed by atoms with van der Waals surface area (Å²) in [5.41, 5.74) is 7.98. The summed E-state index contributed by atoms with van der Waals surface area (Å²) in [7, 11) is 0. The second-order valence-electron chi connectivity index (χ2n) is 8.09. The highest BCUT2D eigenvalue weighted by Gasteiger charge is 2.31. The topological polar surface area (TPSA) is 117 Å². The summed E-state index contributed by atoms with van der Waals surface area (Å²) in [4.78, 5) is 21.2. The highest BCUT2D eigenvalue weighted by Crippen LogP contribution is 2.41. The molecule has 3 heterocycles. The van der Waals surface area contributed by atoms with Crippen LogP contribution in [0.3, 0.4) is 0 Å². The van der Waals surface area contributed by atoms with Crippen LogP contribution in [0.5, 0.6) is 11.5 Å². The zero-order valence-corrected chi connectivity index (χ0v) is 18.3. The fraction of sp³-hybridized carbons (Fsp3) is 0.304. The van der Waals surface area contributed by atoms with E-state index in [1.165, 1.54) is 6.20 Å². The first-order chi connectivity index (χ1) is 15.4. The van der Waals surface area contributed by atoms with Crippen LogP contribution in [-0.4, -0.2) is 31.3 Å². The monoisotopic (exact) mass is 434 g/mol. The van der Waals surface area contributed by atoms with Crippen LogP contribution in [0.15, 0.2) is 49.2 Å². The standard InChI is InChI=1S/C23H26N6O3/c1-4-29-13-15(12-27-29)14-31-20-9-19-16(10-23(2,3)32-19)8-18(20)28-22(30)17(11-24)21-25-6-5-7-26-21/h5-9,11-13H,4,10,14,24H2,1-3H3,(H,28,30)/b17-11+. The number of nitrogens with zero attached hydrogens (tertiary/aromatic N) is 4. The smallest absolute Gasteiger partial charge is 0.261 e. The van der Waals surface area contributed by atoms with Crippen molar-refractivity contribution < 1.29 is 14.3 Å². The van der Waals surface area contributed by atoms with Gasteiger partial charge in [0.25, 0.3) is 5.91 Å². The van der Waals surface area contributed by atoms with Crippen molar-refractivity contribution in [1.29, 1.82) is 0 Å². The molecule has 0 spiro atoms. The summed E-state index contributed by atoms with van der Waals surface area (Å²) in [6, 6.07) is 5.37. The molecule has 0 radical (unpaired) electrons. The van der Waals surface area contributed by atoms with E-state index in [2.05, 4.69) is 20.4 Å². The molecule has 0 saturated carbocycles. The molecule has 0 saturated heterocycles. The lowest BCUT2D eigenvalue weighted by Gasteiger charge is -2.17. The summed E-state index contributed by atoms with van der Waals surface area (Å²) in [5, 5.41) is 7.17. The molecule has 166 valence electrons. The van der Waals surface area contributed by atoms with Crippen molar-refractivity contribution in [1.82, 2.24) is 19.7 Å². The van der Waals surface area contributed by atoms with Crippen molar-refractivity contribution in [2.45, 2.75) is 45.9 Å². The van der Waals surface area contributed by atoms with Crippen molar-refractivity contribution in [2.24, 2.45) is 5.73 Å². The maximum atomic E-state index is 13.0. The molecule has 3 aromatic rings. The average molecular weight is 435 g/mol. The quantitative estimate of drug-likeness (QED) is 0.549. The predicted molar refractivity (Wildman–Crippen MR) is 120 cm³/mol. The van der Waals surface area contributed by atoms with Crippen molar-refractivity contribution >= 4 is 17.2 Å². The van der Waals surface area contributed by atoms with Gasteiger partial charge in [-0.15, -0.1) is 0 Å². The van der Waals surface area contributed by atoms with Gasteiger partial charge < -0.3 is 20.5 Å². The van der Waals surface area contributed by atoms with Crippen LogP contribution < -0.4 is 20.5 Å². The van der Waals surface area contributed by atoms with E-state index in [0.29, 0.717) is 18.0 Å². The fourth-order valence-corrected chi connectivity index (χ4v) is 3.54. The molecule has 9 heteroatoms. The lowest BCUT2D eigenvalue weighted by Crippen LogP contribution is -2.24. The van der Waals surface area contributed by atoms with Gasteiger partial charge in [0.15, 0.2) is 5.82 Å². The van der Waals surface area contributed by atoms with E-state index in [1.54, 1.807) is 24.7 Å². The molecule has 1 amide bonds. The molecule has 3 N–H and O–H groups in total. The minimum atomic E-state index is -0.430. The van der Waals surface area contributed by atoms with Crippen LogP contribution in [0.25, 0.3) is 5.57 Å². The third-order valence-electron chi connectivity index (χ3n) is 5.04. The number of nitrogens with two attached hydrogens (primary N) is 1. The Bertz CT molecular complexity index is 1150. The van der Waals surface area contributed by atoms with Crippen LogP contribution in [0, 0.1) is 0 Å². The molecule has 1 aliphatic heterocycles. The zero-order chi connectivity index (χ0) is 22.7. The van der Waals surface area contributed by atoms with Gasteiger partial charge in [-0.05, 0) is 32.9 Å². The van der Waals surface area contributed by atoms with Crippen molar-refractivity contribution in [3.63, 3.8) is 0 Å². The Balaban J connectivity index is 1.61. The second-order valence-corrected chi connectivity index (χ2v) is 8.09. The minimum absolute atomic E-state index is 0.165. The summed E-state index contributed by atoms with van der Waals surface area (Å²) in [6.07, 6.45) is 8.71. The van der Waals surface area contributed by atoms with Gasteiger partial charge in [-0.3, -0.25) is 9.48 Å². The van der Waals surface area contributed by atoms with Gasteiger partial charge in [0.05, 0.1) is 17.5 Å². The van der Waals surface area contributed by atoms with Crippen molar-refractivity contribution in [3.05, 3.63) is 66.1 Å². The van der Waals surface area contributed by atoms with Gasteiger partial charge in [-0.25, -0.2) is 9.97 Å². The number of hydrogen-bond acceptors (Lipinski definition) is 7. The van der Waals surface area contributed by atoms with E-state index in [9.17, 15) is 4.79 Å². The first-order valence-corrected chi connectivity index (χ1v) is 10.4. The SMILES string of the molecule is CCn1cc(COc2cc3c(cc2NC(=O)/C(=C/N)c2ncccn2)CC(C)(C)O3)cn1. The third-order valence-corrected chi connectivity index (χ3v) is 5.04. The highest BCUT2D eigenvalue weighted by molar-refractivity contribution is 6.24. The number of amides is 1. The van der Waals surface area contributed by atoms with Gasteiger partial charge in [0.2, 0.25) is 0 Å². The van der Waals surface area contributed by atoms with E-state index >= 15 is 0 Å². The molecule has 4 rings (SSSR count). The number of hydrogen-bond donors (Lipinski definition) is 2. The molecule has 0 unspecified atom stereocenters. The van der Waals surface area contributed by atoms with Crippen molar-refractivity contribution in [3.8, 4) is 11.5 Å². The third kappa shape index (κ3) is 4.56. The molecule has 32 heavy (non-hydrogen) atoms. The molecule has 0 bridgehead atoms. The highest BCUT2D eigenvalue weighted by atomic mass is 16.5. The molecule has 2 aromatic heterocycles. The molecule has 9 nitrogen and oxygen atoms in total. The molecule has 1 aromatic carbocycles. The average Bonchev–Trinajstić information content (AvgIpc) is 3.35. The summed E-state index contributed by atoms with van der Waals surface area (Å²) < 4.78 is 13.9. The maximum Gasteiger partial charge on any atom is 0.261 e. The number of fused-ring (bicyclic) bond motifs is 1. The predicted octanol–water partition coefficient (Wildman–Crippen LogP) is 2.92. The van der Waals surface area contributed by atoms with Crippen LogP contribution in [0.4, 0.5) is 5.69 Å². The number of aryl methyl sites for hydroxylation is 1. The Morgan fingerprint density at radius 3 is 2.81 bits per heavy atom. The summed E-state index contributed by atoms with van der Waals surface area (Å²) in [6.45, 7) is 7.13. The van der Waals surface area contributed by atoms with Crippen LogP contribution in [0.2, 0.25) is 0 Å². The number of rotatable bonds is 7. The molecule has 0 fully saturated rings. The molecular weight excluding hydrogens is 408 g/mol. The van der Waals surface area contributed by atoms with Gasteiger partial charge in [0.1, 0.15) is 23.7 Å². The number of carbonyl (C=O) groups excluding carboxylic acids is 1. The van der Waals surface area contributed by atoms with Crippen molar-refractivity contribution in [2.75, 3.05) is 5.32 Å². The van der Waals surface area contributed by atoms with E-state index in [4.69, 9.17) is 15.2 Å². The Morgan fingerprint density at radius 2 is 2.12 bits per heavy atom. The van der Waals surface area contributed by atoms with Crippen LogP contribution >= 0.6 is 0 Å². The van der Waals surface area contributed by atoms with E-state index in [-0.39, 0.29) is 17.0 Å². The Hall–Kier alpha value is -3.88. The lowest BCUT2D eigenvalue weighted by molar-refractivity contribution is -0.111. The Morgan fingerprint density at radius 1 is 1.34 bits per heavy atom. The second kappa shape index (κ2) is 8.70. The number of benzene rings is 1. The molecular formula is C23H26N6O3. The fourth-order valence-electron chi connectivity index (χ4n) is 3.54. The molecule has 0 aliphatic carbocycles. The van der Waals surface area contributed by atoms with Gasteiger partial charge in [-0.1, -0.05) is 0 Å². The van der Waals surface area contributed by atoms with Crippen LogP contribution in [0.1, 0.15) is 37.7 Å². The Kier molecular flexibility index (Phi) is 5.81. The van der Waals surface area contributed by atoms with E-state index in [1.807, 2.05) is 43.8 Å². The summed E-state index contributed by atoms with van der Waals surface area (Å²) in [5.74, 6) is 1.05. The first-order valence-electron chi connectivity index (χ1n) is 10.4. The zero-order valence-electron chi connectivity index (χ0n) is 18.3. The van der Waals surface area contributed by atoms with Gasteiger partial charge in [0, 0.05) is 54.9 Å². The summed E-state index contributed by atoms with van der Waals surface area (Å²) >= 11 is 0. The normalized spacial score (nSPS) is 14.5. The number of ether oxygens (including phenoxy) is 2. The minimum Gasteiger partial charge on any atom is -0.487 e. The van der Waals surface area contributed by atoms with Gasteiger partial charge in [-0.2, -0.15) is 5.10 Å². The number of carbonyl (C=O) groups is 1. The largest absolute Gasteiger partial charge is 0.487 e. The van der Waals surface area contributed by atoms with E-state index < -0.39 is 5.91 Å². The Labute approximate surface area is 186 Å². The maximum absolute atomic E-state index is 13.0. The van der Waals surface area contributed by atoms with Gasteiger partial charge >= 0.3 is 0 Å². The van der Waals surface area contributed by atoms with E-state index in [0.717, 1.165) is 29.8 Å². The number of nitrogens with one attached hydrogen (secondary N) is 1. The number of aromatic nitrogens is 4. The molecule has 0 atom stereocenters. The van der Waals surface area contributed by atoms with Crippen LogP contribution in [-0.2, 0) is 24.4 Å². The lowest BCUT2D eigenvalue weighted by atomic mass is 10.0. The first kappa shape index (κ1) is 21.4. The molecule has 1 aliphatic rings.